The van der Waals surface area contributed by atoms with Gasteiger partial charge in [-0.15, -0.1) is 0 Å². The number of amides is 3. The van der Waals surface area contributed by atoms with Crippen LogP contribution in [0.15, 0.2) is 0 Å². The summed E-state index contributed by atoms with van der Waals surface area (Å²) in [5.74, 6) is -6.46. The fourth-order valence-corrected chi connectivity index (χ4v) is 2.46. The van der Waals surface area contributed by atoms with E-state index in [0.717, 1.165) is 0 Å². The van der Waals surface area contributed by atoms with Crippen molar-refractivity contribution >= 4 is 35.6 Å². The van der Waals surface area contributed by atoms with Crippen LogP contribution in [0.1, 0.15) is 46.5 Å². The second-order valence-corrected chi connectivity index (χ2v) is 7.46. The Morgan fingerprint density at radius 1 is 0.774 bits per heavy atom. The summed E-state index contributed by atoms with van der Waals surface area (Å²) in [5, 5.41) is 33.4. The van der Waals surface area contributed by atoms with Gasteiger partial charge < -0.3 is 37.0 Å². The van der Waals surface area contributed by atoms with Gasteiger partial charge in [-0.25, -0.2) is 4.79 Å². The maximum atomic E-state index is 12.5. The Labute approximate surface area is 178 Å². The van der Waals surface area contributed by atoms with Gasteiger partial charge in [-0.05, 0) is 25.7 Å². The van der Waals surface area contributed by atoms with Crippen molar-refractivity contribution < 1.29 is 44.1 Å². The van der Waals surface area contributed by atoms with E-state index in [9.17, 15) is 33.9 Å². The Hall–Kier alpha value is -3.22. The predicted octanol–water partition coefficient (Wildman–Crippen LogP) is -1.74. The Morgan fingerprint density at radius 2 is 1.32 bits per heavy atom. The topological polar surface area (TPSA) is 225 Å². The first-order valence-corrected chi connectivity index (χ1v) is 9.57. The SMILES string of the molecule is CC(C)CC(NC(=O)C(C)NC(=O)C(N)CC(=O)O)C(=O)NC(CCC(=O)O)C(=O)O. The van der Waals surface area contributed by atoms with Gasteiger partial charge in [-0.2, -0.15) is 0 Å². The molecule has 0 radical (unpaired) electrons. The molecule has 0 saturated heterocycles. The second-order valence-electron chi connectivity index (χ2n) is 7.46. The van der Waals surface area contributed by atoms with Gasteiger partial charge in [0.2, 0.25) is 17.7 Å². The number of carboxylic acids is 3. The van der Waals surface area contributed by atoms with E-state index in [1.807, 2.05) is 0 Å². The van der Waals surface area contributed by atoms with Crippen molar-refractivity contribution in [3.63, 3.8) is 0 Å². The first-order valence-electron chi connectivity index (χ1n) is 9.57. The third-order valence-electron chi connectivity index (χ3n) is 4.08. The van der Waals surface area contributed by atoms with E-state index in [2.05, 4.69) is 16.0 Å². The Kier molecular flexibility index (Phi) is 11.8. The third kappa shape index (κ3) is 11.5. The van der Waals surface area contributed by atoms with Gasteiger partial charge in [0.1, 0.15) is 18.1 Å². The van der Waals surface area contributed by atoms with Crippen LogP contribution in [0, 0.1) is 5.92 Å². The highest BCUT2D eigenvalue weighted by Gasteiger charge is 2.29. The smallest absolute Gasteiger partial charge is 0.326 e. The van der Waals surface area contributed by atoms with E-state index in [-0.39, 0.29) is 18.8 Å². The molecule has 0 aromatic carbocycles. The van der Waals surface area contributed by atoms with Gasteiger partial charge in [0, 0.05) is 6.42 Å². The summed E-state index contributed by atoms with van der Waals surface area (Å²) < 4.78 is 0. The third-order valence-corrected chi connectivity index (χ3v) is 4.08. The highest BCUT2D eigenvalue weighted by Crippen LogP contribution is 2.07. The molecular weight excluding hydrogens is 416 g/mol. The minimum atomic E-state index is -1.46. The van der Waals surface area contributed by atoms with E-state index in [1.54, 1.807) is 13.8 Å². The number of carbonyl (C=O) groups excluding carboxylic acids is 3. The van der Waals surface area contributed by atoms with Crippen LogP contribution in [0.5, 0.6) is 0 Å². The highest BCUT2D eigenvalue weighted by molar-refractivity contribution is 5.94. The van der Waals surface area contributed by atoms with E-state index in [4.69, 9.17) is 15.9 Å². The molecule has 4 atom stereocenters. The number of aliphatic carboxylic acids is 3. The predicted molar refractivity (Wildman–Crippen MR) is 106 cm³/mol. The van der Waals surface area contributed by atoms with Crippen LogP contribution < -0.4 is 21.7 Å². The molecule has 8 N–H and O–H groups in total. The van der Waals surface area contributed by atoms with Crippen molar-refractivity contribution in [1.82, 2.24) is 16.0 Å². The fraction of sp³-hybridized carbons (Fsp3) is 0.667. The van der Waals surface area contributed by atoms with Crippen LogP contribution >= 0.6 is 0 Å². The van der Waals surface area contributed by atoms with Crippen LogP contribution in [0.25, 0.3) is 0 Å². The molecule has 13 heteroatoms. The fourth-order valence-electron chi connectivity index (χ4n) is 2.46. The molecule has 0 aliphatic carbocycles. The van der Waals surface area contributed by atoms with E-state index in [1.165, 1.54) is 6.92 Å². The minimum Gasteiger partial charge on any atom is -0.481 e. The molecule has 0 saturated carbocycles. The molecule has 4 unspecified atom stereocenters. The number of rotatable bonds is 14. The van der Waals surface area contributed by atoms with Crippen LogP contribution in [0.4, 0.5) is 0 Å². The van der Waals surface area contributed by atoms with Crippen LogP contribution in [0.2, 0.25) is 0 Å². The van der Waals surface area contributed by atoms with Crippen molar-refractivity contribution in [2.24, 2.45) is 11.7 Å². The molecule has 176 valence electrons. The van der Waals surface area contributed by atoms with Crippen molar-refractivity contribution in [1.29, 1.82) is 0 Å². The van der Waals surface area contributed by atoms with Crippen LogP contribution in [-0.4, -0.2) is 75.1 Å². The van der Waals surface area contributed by atoms with Gasteiger partial charge in [0.15, 0.2) is 0 Å². The zero-order chi connectivity index (χ0) is 24.3. The lowest BCUT2D eigenvalue weighted by atomic mass is 10.0. The molecular formula is C18H30N4O9. The van der Waals surface area contributed by atoms with Crippen molar-refractivity contribution in [3.8, 4) is 0 Å². The molecule has 0 rings (SSSR count). The number of carbonyl (C=O) groups is 6. The van der Waals surface area contributed by atoms with Crippen LogP contribution in [0.3, 0.4) is 0 Å². The summed E-state index contributed by atoms with van der Waals surface area (Å²) in [6.07, 6.45) is -1.31. The van der Waals surface area contributed by atoms with Crippen molar-refractivity contribution in [2.75, 3.05) is 0 Å². The molecule has 0 aromatic rings. The molecule has 0 fully saturated rings. The standard InChI is InChI=1S/C18H30N4O9/c1-8(2)6-12(17(29)21-11(18(30)31)4-5-13(23)24)22-15(27)9(3)20-16(28)10(19)7-14(25)26/h8-12H,4-7,19H2,1-3H3,(H,20,28)(H,21,29)(H,22,27)(H,23,24)(H,25,26)(H,30,31). The Morgan fingerprint density at radius 3 is 1.77 bits per heavy atom. The Balaban J connectivity index is 5.13. The molecule has 31 heavy (non-hydrogen) atoms. The van der Waals surface area contributed by atoms with E-state index < -0.39 is 72.6 Å². The van der Waals surface area contributed by atoms with Gasteiger partial charge >= 0.3 is 17.9 Å². The lowest BCUT2D eigenvalue weighted by Gasteiger charge is -2.24. The molecule has 3 amide bonds. The van der Waals surface area contributed by atoms with Crippen molar-refractivity contribution in [2.45, 2.75) is 70.6 Å². The van der Waals surface area contributed by atoms with E-state index in [0.29, 0.717) is 0 Å². The second kappa shape index (κ2) is 13.2. The highest BCUT2D eigenvalue weighted by atomic mass is 16.4. The summed E-state index contributed by atoms with van der Waals surface area (Å²) in [7, 11) is 0. The lowest BCUT2D eigenvalue weighted by Crippen LogP contribution is -2.56. The molecule has 0 bridgehead atoms. The molecule has 0 spiro atoms. The zero-order valence-corrected chi connectivity index (χ0v) is 17.6. The largest absolute Gasteiger partial charge is 0.481 e. The monoisotopic (exact) mass is 446 g/mol. The molecule has 0 aliphatic rings. The van der Waals surface area contributed by atoms with Gasteiger partial charge in [0.05, 0.1) is 12.5 Å². The minimum absolute atomic E-state index is 0.0766. The lowest BCUT2D eigenvalue weighted by molar-refractivity contribution is -0.143. The zero-order valence-electron chi connectivity index (χ0n) is 17.6. The summed E-state index contributed by atoms with van der Waals surface area (Å²) in [6, 6.07) is -5.13. The maximum Gasteiger partial charge on any atom is 0.326 e. The van der Waals surface area contributed by atoms with E-state index >= 15 is 0 Å². The number of hydrogen-bond donors (Lipinski definition) is 7. The quantitative estimate of drug-likeness (QED) is 0.159. The molecule has 0 aliphatic heterocycles. The number of nitrogens with two attached hydrogens (primary N) is 1. The first-order chi connectivity index (χ1) is 14.2. The maximum absolute atomic E-state index is 12.5. The molecule has 0 aromatic heterocycles. The van der Waals surface area contributed by atoms with Gasteiger partial charge in [-0.3, -0.25) is 24.0 Å². The average molecular weight is 446 g/mol. The number of carboxylic acid groups (broad SMARTS) is 3. The molecule has 13 nitrogen and oxygen atoms in total. The normalized spacial score (nSPS) is 14.6. The molecule has 0 heterocycles. The van der Waals surface area contributed by atoms with Gasteiger partial charge in [-0.1, -0.05) is 13.8 Å². The average Bonchev–Trinajstić information content (AvgIpc) is 2.62. The Bertz CT molecular complexity index is 696. The van der Waals surface area contributed by atoms with Crippen LogP contribution in [-0.2, 0) is 28.8 Å². The number of nitrogens with one attached hydrogen (secondary N) is 3. The first kappa shape index (κ1) is 27.8. The summed E-state index contributed by atoms with van der Waals surface area (Å²) in [4.78, 5) is 69.4. The van der Waals surface area contributed by atoms with Crippen molar-refractivity contribution in [3.05, 3.63) is 0 Å². The summed E-state index contributed by atoms with van der Waals surface area (Å²) >= 11 is 0. The number of hydrogen-bond acceptors (Lipinski definition) is 7. The van der Waals surface area contributed by atoms with Gasteiger partial charge in [0.25, 0.3) is 0 Å². The summed E-state index contributed by atoms with van der Waals surface area (Å²) in [6.45, 7) is 4.83. The summed E-state index contributed by atoms with van der Waals surface area (Å²) in [5.41, 5.74) is 5.43.